The Kier molecular flexibility index (Phi) is 12.0. The molecule has 2 aromatic rings. The van der Waals surface area contributed by atoms with E-state index in [1.807, 2.05) is 26.2 Å². The van der Waals surface area contributed by atoms with Gasteiger partial charge >= 0.3 is 0 Å². The van der Waals surface area contributed by atoms with Crippen molar-refractivity contribution in [1.29, 1.82) is 0 Å². The number of anilines is 2. The first kappa shape index (κ1) is 20.9. The number of halogens is 2. The van der Waals surface area contributed by atoms with Crippen molar-refractivity contribution in [2.24, 2.45) is 0 Å². The summed E-state index contributed by atoms with van der Waals surface area (Å²) in [6.45, 7) is 4.17. The van der Waals surface area contributed by atoms with Gasteiger partial charge in [0, 0.05) is 25.5 Å². The van der Waals surface area contributed by atoms with Crippen LogP contribution in [0.25, 0.3) is 0 Å². The molecule has 0 aliphatic rings. The molecule has 0 aliphatic carbocycles. The Morgan fingerprint density at radius 3 is 1.60 bits per heavy atom. The normalized spacial score (nSPS) is 8.20. The highest BCUT2D eigenvalue weighted by atomic mass is 35.5. The van der Waals surface area contributed by atoms with Crippen molar-refractivity contribution >= 4 is 36.2 Å². The minimum atomic E-state index is 0. The number of aryl methyl sites for hydroxylation is 2. The largest absolute Gasteiger partial charge is 0.388 e. The van der Waals surface area contributed by atoms with Crippen LogP contribution in [0, 0.1) is 13.8 Å². The molecule has 20 heavy (non-hydrogen) atoms. The molecule has 0 aliphatic heterocycles. The van der Waals surface area contributed by atoms with Gasteiger partial charge in [-0.3, -0.25) is 0 Å². The van der Waals surface area contributed by atoms with Crippen LogP contribution < -0.4 is 10.6 Å². The van der Waals surface area contributed by atoms with Crippen LogP contribution in [0.3, 0.4) is 0 Å². The van der Waals surface area contributed by atoms with E-state index < -0.39 is 0 Å². The molecule has 0 heterocycles. The van der Waals surface area contributed by atoms with E-state index in [9.17, 15) is 0 Å². The van der Waals surface area contributed by atoms with Crippen LogP contribution in [0.1, 0.15) is 11.1 Å². The molecule has 2 aromatic carbocycles. The number of rotatable bonds is 2. The van der Waals surface area contributed by atoms with Crippen molar-refractivity contribution in [3.05, 3.63) is 59.7 Å². The Labute approximate surface area is 134 Å². The van der Waals surface area contributed by atoms with Gasteiger partial charge in [-0.25, -0.2) is 0 Å². The topological polar surface area (TPSA) is 24.1 Å². The molecule has 0 spiro atoms. The quantitative estimate of drug-likeness (QED) is 0.822. The van der Waals surface area contributed by atoms with E-state index in [2.05, 4.69) is 60.9 Å². The lowest BCUT2D eigenvalue weighted by molar-refractivity contribution is 1.43. The van der Waals surface area contributed by atoms with Gasteiger partial charge in [-0.1, -0.05) is 29.8 Å². The number of hydrogen-bond acceptors (Lipinski definition) is 2. The highest BCUT2D eigenvalue weighted by Crippen LogP contribution is 2.07. The van der Waals surface area contributed by atoms with Crippen LogP contribution in [0.2, 0.25) is 0 Å². The maximum atomic E-state index is 3.07. The van der Waals surface area contributed by atoms with Gasteiger partial charge in [0.25, 0.3) is 0 Å². The van der Waals surface area contributed by atoms with Crippen LogP contribution in [0.15, 0.2) is 48.5 Å². The van der Waals surface area contributed by atoms with Gasteiger partial charge < -0.3 is 10.6 Å². The summed E-state index contributed by atoms with van der Waals surface area (Å²) in [5.74, 6) is 0. The Morgan fingerprint density at radius 1 is 0.650 bits per heavy atom. The molecule has 0 unspecified atom stereocenters. The summed E-state index contributed by atoms with van der Waals surface area (Å²) in [6, 6.07) is 16.6. The lowest BCUT2D eigenvalue weighted by Crippen LogP contribution is -1.86. The molecule has 0 aromatic heterocycles. The van der Waals surface area contributed by atoms with Crippen molar-refractivity contribution in [3.8, 4) is 0 Å². The lowest BCUT2D eigenvalue weighted by Gasteiger charge is -1.98. The predicted octanol–water partition coefficient (Wildman–Crippen LogP) is 4.92. The van der Waals surface area contributed by atoms with Crippen LogP contribution in [-0.2, 0) is 0 Å². The zero-order valence-electron chi connectivity index (χ0n) is 12.4. The van der Waals surface area contributed by atoms with E-state index in [0.717, 1.165) is 0 Å². The summed E-state index contributed by atoms with van der Waals surface area (Å²) in [4.78, 5) is 0. The van der Waals surface area contributed by atoms with Gasteiger partial charge in [-0.05, 0) is 43.7 Å². The molecule has 0 bridgehead atoms. The van der Waals surface area contributed by atoms with E-state index in [4.69, 9.17) is 0 Å². The van der Waals surface area contributed by atoms with Gasteiger partial charge in [0.05, 0.1) is 0 Å². The molecule has 0 atom stereocenters. The standard InChI is InChI=1S/2C8H11N.2ClH/c1-7-3-5-8(9-2)6-4-7;1-7-4-3-5-8(6-7)9-2;;/h2*3-6,9H,1-2H3;2*1H. The first-order valence-electron chi connectivity index (χ1n) is 6.14. The fourth-order valence-electron chi connectivity index (χ4n) is 1.52. The van der Waals surface area contributed by atoms with E-state index >= 15 is 0 Å². The van der Waals surface area contributed by atoms with Gasteiger partial charge in [-0.2, -0.15) is 0 Å². The van der Waals surface area contributed by atoms with Crippen LogP contribution in [-0.4, -0.2) is 14.1 Å². The predicted molar refractivity (Wildman–Crippen MR) is 95.9 cm³/mol. The van der Waals surface area contributed by atoms with Crippen LogP contribution in [0.4, 0.5) is 11.4 Å². The minimum Gasteiger partial charge on any atom is -0.388 e. The molecule has 0 saturated heterocycles. The highest BCUT2D eigenvalue weighted by Gasteiger charge is 1.85. The fraction of sp³-hybridized carbons (Fsp3) is 0.250. The second-order valence-electron chi connectivity index (χ2n) is 4.24. The summed E-state index contributed by atoms with van der Waals surface area (Å²) < 4.78 is 0. The maximum absolute atomic E-state index is 3.07. The SMILES string of the molecule is CNc1ccc(C)cc1.CNc1cccc(C)c1.Cl.Cl. The zero-order valence-corrected chi connectivity index (χ0v) is 14.1. The molecule has 0 radical (unpaired) electrons. The van der Waals surface area contributed by atoms with Gasteiger partial charge in [-0.15, -0.1) is 24.8 Å². The molecular formula is C16H24Cl2N2. The summed E-state index contributed by atoms with van der Waals surface area (Å²) in [7, 11) is 3.85. The molecule has 0 fully saturated rings. The molecule has 2 nitrogen and oxygen atoms in total. The van der Waals surface area contributed by atoms with Crippen molar-refractivity contribution in [3.63, 3.8) is 0 Å². The second kappa shape index (κ2) is 11.4. The van der Waals surface area contributed by atoms with Crippen molar-refractivity contribution in [2.75, 3.05) is 24.7 Å². The molecule has 112 valence electrons. The zero-order chi connectivity index (χ0) is 13.4. The minimum absolute atomic E-state index is 0. The van der Waals surface area contributed by atoms with E-state index in [-0.39, 0.29) is 24.8 Å². The molecule has 0 amide bonds. The smallest absolute Gasteiger partial charge is 0.0340 e. The van der Waals surface area contributed by atoms with Crippen molar-refractivity contribution in [2.45, 2.75) is 13.8 Å². The van der Waals surface area contributed by atoms with Crippen molar-refractivity contribution < 1.29 is 0 Å². The number of benzene rings is 2. The Balaban J connectivity index is 0. The molecule has 2 N–H and O–H groups in total. The van der Waals surface area contributed by atoms with Crippen LogP contribution in [0.5, 0.6) is 0 Å². The molecule has 0 saturated carbocycles. The van der Waals surface area contributed by atoms with Crippen molar-refractivity contribution in [1.82, 2.24) is 0 Å². The first-order chi connectivity index (χ1) is 8.65. The monoisotopic (exact) mass is 314 g/mol. The Hall–Kier alpha value is -1.38. The average molecular weight is 315 g/mol. The maximum Gasteiger partial charge on any atom is 0.0340 e. The summed E-state index contributed by atoms with van der Waals surface area (Å²) >= 11 is 0. The molecule has 4 heteroatoms. The third-order valence-electron chi connectivity index (χ3n) is 2.65. The summed E-state index contributed by atoms with van der Waals surface area (Å²) in [6.07, 6.45) is 0. The summed E-state index contributed by atoms with van der Waals surface area (Å²) in [5.41, 5.74) is 4.94. The third-order valence-corrected chi connectivity index (χ3v) is 2.65. The van der Waals surface area contributed by atoms with E-state index in [1.54, 1.807) is 0 Å². The summed E-state index contributed by atoms with van der Waals surface area (Å²) in [5, 5.41) is 6.12. The third kappa shape index (κ3) is 7.93. The average Bonchev–Trinajstić information content (AvgIpc) is 2.40. The van der Waals surface area contributed by atoms with Gasteiger partial charge in [0.1, 0.15) is 0 Å². The van der Waals surface area contributed by atoms with E-state index in [1.165, 1.54) is 22.5 Å². The highest BCUT2D eigenvalue weighted by molar-refractivity contribution is 5.85. The first-order valence-corrected chi connectivity index (χ1v) is 6.14. The number of nitrogens with one attached hydrogen (secondary N) is 2. The van der Waals surface area contributed by atoms with Gasteiger partial charge in [0.2, 0.25) is 0 Å². The molecular weight excluding hydrogens is 291 g/mol. The second-order valence-corrected chi connectivity index (χ2v) is 4.24. The fourth-order valence-corrected chi connectivity index (χ4v) is 1.52. The van der Waals surface area contributed by atoms with Gasteiger partial charge in [0.15, 0.2) is 0 Å². The van der Waals surface area contributed by atoms with E-state index in [0.29, 0.717) is 0 Å². The lowest BCUT2D eigenvalue weighted by atomic mass is 10.2. The Bertz CT molecular complexity index is 470. The van der Waals surface area contributed by atoms with Crippen LogP contribution >= 0.6 is 24.8 Å². The molecule has 2 rings (SSSR count). The Morgan fingerprint density at radius 2 is 1.20 bits per heavy atom. The number of hydrogen-bond donors (Lipinski definition) is 2.